The molecule has 0 spiro atoms. The molecule has 0 fully saturated rings. The minimum Gasteiger partial charge on any atom is -0.355 e. The van der Waals surface area contributed by atoms with Crippen LogP contribution in [0.3, 0.4) is 0 Å². The van der Waals surface area contributed by atoms with Crippen molar-refractivity contribution in [3.63, 3.8) is 0 Å². The van der Waals surface area contributed by atoms with Crippen LogP contribution in [0.25, 0.3) is 0 Å². The topological polar surface area (TPSA) is 33.5 Å². The lowest BCUT2D eigenvalue weighted by molar-refractivity contribution is -0.907. The summed E-state index contributed by atoms with van der Waals surface area (Å²) in [6.45, 7) is 1.76. The molecular weight excluding hydrogens is 284 g/mol. The SMILES string of the molecule is CNC(=O)c1ccc(C[NH+](C)Cc2ccccc2Cl)cc1. The maximum Gasteiger partial charge on any atom is 0.251 e. The Bertz CT molecular complexity index is 610. The second kappa shape index (κ2) is 7.25. The van der Waals surface area contributed by atoms with Crippen molar-refractivity contribution in [2.45, 2.75) is 13.1 Å². The van der Waals surface area contributed by atoms with Crippen molar-refractivity contribution in [2.24, 2.45) is 0 Å². The number of hydrogen-bond donors (Lipinski definition) is 2. The Labute approximate surface area is 130 Å². The third kappa shape index (κ3) is 4.31. The summed E-state index contributed by atoms with van der Waals surface area (Å²) in [5.41, 5.74) is 3.04. The molecular formula is C17H20ClN2O+. The van der Waals surface area contributed by atoms with E-state index in [9.17, 15) is 4.79 Å². The maximum atomic E-state index is 11.5. The molecule has 0 saturated carbocycles. The first kappa shape index (κ1) is 15.5. The third-order valence-corrected chi connectivity index (χ3v) is 3.77. The molecule has 1 atom stereocenters. The Balaban J connectivity index is 1.98. The van der Waals surface area contributed by atoms with E-state index in [0.29, 0.717) is 5.56 Å². The fourth-order valence-electron chi connectivity index (χ4n) is 2.30. The first-order valence-corrected chi connectivity index (χ1v) is 7.33. The molecule has 3 nitrogen and oxygen atoms in total. The lowest BCUT2D eigenvalue weighted by Gasteiger charge is -2.15. The highest BCUT2D eigenvalue weighted by atomic mass is 35.5. The third-order valence-electron chi connectivity index (χ3n) is 3.40. The first-order valence-electron chi connectivity index (χ1n) is 6.96. The summed E-state index contributed by atoms with van der Waals surface area (Å²) in [6.07, 6.45) is 0. The van der Waals surface area contributed by atoms with Crippen molar-refractivity contribution in [2.75, 3.05) is 14.1 Å². The van der Waals surface area contributed by atoms with Gasteiger partial charge in [-0.2, -0.15) is 0 Å². The zero-order chi connectivity index (χ0) is 15.2. The van der Waals surface area contributed by atoms with Gasteiger partial charge in [0, 0.05) is 28.8 Å². The van der Waals surface area contributed by atoms with E-state index in [1.807, 2.05) is 42.5 Å². The molecule has 2 N–H and O–H groups in total. The molecule has 0 saturated heterocycles. The van der Waals surface area contributed by atoms with Crippen molar-refractivity contribution < 1.29 is 9.69 Å². The fourth-order valence-corrected chi connectivity index (χ4v) is 2.50. The van der Waals surface area contributed by atoms with Gasteiger partial charge in [-0.25, -0.2) is 0 Å². The highest BCUT2D eigenvalue weighted by Crippen LogP contribution is 2.13. The quantitative estimate of drug-likeness (QED) is 0.869. The van der Waals surface area contributed by atoms with Crippen molar-refractivity contribution in [1.82, 2.24) is 5.32 Å². The van der Waals surface area contributed by atoms with Crippen LogP contribution in [-0.4, -0.2) is 20.0 Å². The van der Waals surface area contributed by atoms with Crippen molar-refractivity contribution in [3.05, 3.63) is 70.2 Å². The van der Waals surface area contributed by atoms with Crippen LogP contribution in [0.1, 0.15) is 21.5 Å². The van der Waals surface area contributed by atoms with Gasteiger partial charge in [0.2, 0.25) is 0 Å². The lowest BCUT2D eigenvalue weighted by Crippen LogP contribution is -3.06. The summed E-state index contributed by atoms with van der Waals surface area (Å²) in [6, 6.07) is 15.6. The number of carbonyl (C=O) groups excluding carboxylic acids is 1. The van der Waals surface area contributed by atoms with E-state index in [1.54, 1.807) is 7.05 Å². The first-order chi connectivity index (χ1) is 10.1. The van der Waals surface area contributed by atoms with E-state index < -0.39 is 0 Å². The van der Waals surface area contributed by atoms with Crippen LogP contribution in [-0.2, 0) is 13.1 Å². The second-order valence-electron chi connectivity index (χ2n) is 5.18. The zero-order valence-electron chi connectivity index (χ0n) is 12.3. The molecule has 0 aliphatic rings. The van der Waals surface area contributed by atoms with Crippen molar-refractivity contribution in [1.29, 1.82) is 0 Å². The zero-order valence-corrected chi connectivity index (χ0v) is 13.1. The Morgan fingerprint density at radius 1 is 1.10 bits per heavy atom. The molecule has 0 aromatic heterocycles. The van der Waals surface area contributed by atoms with E-state index in [0.717, 1.165) is 23.7 Å². The standard InChI is InChI=1S/C17H19ClN2O/c1-19-17(21)14-9-7-13(8-10-14)11-20(2)12-15-5-3-4-6-16(15)18/h3-10H,11-12H2,1-2H3,(H,19,21)/p+1. The summed E-state index contributed by atoms with van der Waals surface area (Å²) in [5.74, 6) is -0.0571. The van der Waals surface area contributed by atoms with Crippen molar-refractivity contribution >= 4 is 17.5 Å². The average molecular weight is 304 g/mol. The van der Waals surface area contributed by atoms with Crippen LogP contribution in [0.4, 0.5) is 0 Å². The monoisotopic (exact) mass is 303 g/mol. The van der Waals surface area contributed by atoms with E-state index in [1.165, 1.54) is 10.5 Å². The van der Waals surface area contributed by atoms with Gasteiger partial charge in [-0.3, -0.25) is 4.79 Å². The minimum absolute atomic E-state index is 0.0571. The van der Waals surface area contributed by atoms with Gasteiger partial charge < -0.3 is 10.2 Å². The van der Waals surface area contributed by atoms with Gasteiger partial charge in [0.05, 0.1) is 7.05 Å². The van der Waals surface area contributed by atoms with Gasteiger partial charge in [0.25, 0.3) is 5.91 Å². The van der Waals surface area contributed by atoms with E-state index in [2.05, 4.69) is 18.4 Å². The Kier molecular flexibility index (Phi) is 5.37. The lowest BCUT2D eigenvalue weighted by atomic mass is 10.1. The molecule has 0 radical (unpaired) electrons. The summed E-state index contributed by atoms with van der Waals surface area (Å²) in [4.78, 5) is 12.8. The number of carbonyl (C=O) groups is 1. The summed E-state index contributed by atoms with van der Waals surface area (Å²) >= 11 is 6.19. The van der Waals surface area contributed by atoms with Gasteiger partial charge in [0.1, 0.15) is 13.1 Å². The van der Waals surface area contributed by atoms with E-state index in [-0.39, 0.29) is 5.91 Å². The predicted molar refractivity (Wildman–Crippen MR) is 85.6 cm³/mol. The van der Waals surface area contributed by atoms with Crippen molar-refractivity contribution in [3.8, 4) is 0 Å². The van der Waals surface area contributed by atoms with Crippen LogP contribution in [0, 0.1) is 0 Å². The largest absolute Gasteiger partial charge is 0.355 e. The highest BCUT2D eigenvalue weighted by molar-refractivity contribution is 6.31. The average Bonchev–Trinajstić information content (AvgIpc) is 2.49. The smallest absolute Gasteiger partial charge is 0.251 e. The van der Waals surface area contributed by atoms with Gasteiger partial charge in [0.15, 0.2) is 0 Å². The van der Waals surface area contributed by atoms with E-state index in [4.69, 9.17) is 11.6 Å². The molecule has 0 bridgehead atoms. The predicted octanol–water partition coefficient (Wildman–Crippen LogP) is 1.91. The normalized spacial score (nSPS) is 12.0. The van der Waals surface area contributed by atoms with Crippen LogP contribution in [0.2, 0.25) is 5.02 Å². The Morgan fingerprint density at radius 2 is 1.76 bits per heavy atom. The molecule has 0 aliphatic carbocycles. The van der Waals surface area contributed by atoms with Crippen LogP contribution >= 0.6 is 11.6 Å². The molecule has 0 aliphatic heterocycles. The van der Waals surface area contributed by atoms with Crippen LogP contribution in [0.15, 0.2) is 48.5 Å². The molecule has 0 heterocycles. The van der Waals surface area contributed by atoms with E-state index >= 15 is 0 Å². The molecule has 2 aromatic carbocycles. The van der Waals surface area contributed by atoms with Gasteiger partial charge in [-0.05, 0) is 18.2 Å². The van der Waals surface area contributed by atoms with Crippen LogP contribution < -0.4 is 10.2 Å². The number of hydrogen-bond acceptors (Lipinski definition) is 1. The van der Waals surface area contributed by atoms with Crippen LogP contribution in [0.5, 0.6) is 0 Å². The molecule has 2 rings (SSSR count). The maximum absolute atomic E-state index is 11.5. The Hall–Kier alpha value is -1.84. The summed E-state index contributed by atoms with van der Waals surface area (Å²) in [5, 5.41) is 3.43. The second-order valence-corrected chi connectivity index (χ2v) is 5.59. The number of quaternary nitrogens is 1. The summed E-state index contributed by atoms with van der Waals surface area (Å²) in [7, 11) is 3.77. The van der Waals surface area contributed by atoms with Gasteiger partial charge >= 0.3 is 0 Å². The molecule has 2 aromatic rings. The van der Waals surface area contributed by atoms with Gasteiger partial charge in [-0.1, -0.05) is 41.9 Å². The van der Waals surface area contributed by atoms with Gasteiger partial charge in [-0.15, -0.1) is 0 Å². The number of nitrogens with one attached hydrogen (secondary N) is 2. The summed E-state index contributed by atoms with van der Waals surface area (Å²) < 4.78 is 0. The number of benzene rings is 2. The Morgan fingerprint density at radius 3 is 2.38 bits per heavy atom. The molecule has 1 unspecified atom stereocenters. The fraction of sp³-hybridized carbons (Fsp3) is 0.235. The number of amides is 1. The highest BCUT2D eigenvalue weighted by Gasteiger charge is 2.09. The number of rotatable bonds is 5. The number of halogens is 1. The molecule has 1 amide bonds. The molecule has 4 heteroatoms. The minimum atomic E-state index is -0.0571. The molecule has 110 valence electrons. The molecule has 21 heavy (non-hydrogen) atoms.